The van der Waals surface area contributed by atoms with E-state index in [0.717, 1.165) is 5.56 Å². The highest BCUT2D eigenvalue weighted by atomic mass is 19.1. The summed E-state index contributed by atoms with van der Waals surface area (Å²) >= 11 is 0. The van der Waals surface area contributed by atoms with Crippen LogP contribution in [0.3, 0.4) is 0 Å². The minimum absolute atomic E-state index is 0.234. The van der Waals surface area contributed by atoms with E-state index < -0.39 is 5.92 Å². The number of ether oxygens (including phenoxy) is 1. The number of halogens is 1. The number of hydrogen-bond donors (Lipinski definition) is 2. The van der Waals surface area contributed by atoms with E-state index >= 15 is 0 Å². The number of nitrogens with one attached hydrogen (secondary N) is 2. The number of hydrogen-bond acceptors (Lipinski definition) is 3. The molecular formula is C18H17FN2O3. The average Bonchev–Trinajstić information content (AvgIpc) is 3.00. The Kier molecular flexibility index (Phi) is 4.74. The maximum atomic E-state index is 13.1. The van der Waals surface area contributed by atoms with Gasteiger partial charge in [0, 0.05) is 12.2 Å². The average molecular weight is 328 g/mol. The van der Waals surface area contributed by atoms with Crippen LogP contribution >= 0.6 is 0 Å². The smallest absolute Gasteiger partial charge is 0.237 e. The largest absolute Gasteiger partial charge is 0.489 e. The normalized spacial score (nSPS) is 16.5. The molecule has 1 fully saturated rings. The summed E-state index contributed by atoms with van der Waals surface area (Å²) in [4.78, 5) is 23.5. The maximum Gasteiger partial charge on any atom is 0.237 e. The van der Waals surface area contributed by atoms with Crippen molar-refractivity contribution in [3.05, 3.63) is 59.9 Å². The van der Waals surface area contributed by atoms with Crippen LogP contribution in [0, 0.1) is 11.7 Å². The van der Waals surface area contributed by atoms with E-state index in [2.05, 4.69) is 10.6 Å². The molecule has 0 spiro atoms. The highest BCUT2D eigenvalue weighted by Gasteiger charge is 2.30. The number of anilines is 1. The quantitative estimate of drug-likeness (QED) is 0.829. The van der Waals surface area contributed by atoms with Crippen LogP contribution in [0.25, 0.3) is 0 Å². The van der Waals surface area contributed by atoms with Crippen molar-refractivity contribution < 1.29 is 18.7 Å². The molecule has 2 amide bonds. The first-order valence-corrected chi connectivity index (χ1v) is 7.68. The Labute approximate surface area is 138 Å². The third-order valence-corrected chi connectivity index (χ3v) is 3.78. The molecule has 0 radical (unpaired) electrons. The fraction of sp³-hybridized carbons (Fsp3) is 0.222. The van der Waals surface area contributed by atoms with Crippen molar-refractivity contribution >= 4 is 17.5 Å². The van der Waals surface area contributed by atoms with E-state index in [1.54, 1.807) is 36.4 Å². The van der Waals surface area contributed by atoms with Gasteiger partial charge in [-0.1, -0.05) is 12.1 Å². The Balaban J connectivity index is 1.55. The lowest BCUT2D eigenvalue weighted by Crippen LogP contribution is -2.29. The molecule has 1 aliphatic heterocycles. The minimum atomic E-state index is -0.631. The van der Waals surface area contributed by atoms with Crippen molar-refractivity contribution in [2.24, 2.45) is 5.92 Å². The van der Waals surface area contributed by atoms with Crippen molar-refractivity contribution in [2.75, 3.05) is 11.9 Å². The SMILES string of the molecule is O=C1NCCC1C(=O)Nc1ccc(OCc2cccc(F)c2)cc1. The van der Waals surface area contributed by atoms with Gasteiger partial charge in [0.1, 0.15) is 24.1 Å². The summed E-state index contributed by atoms with van der Waals surface area (Å²) in [5.41, 5.74) is 1.33. The van der Waals surface area contributed by atoms with Gasteiger partial charge in [0.15, 0.2) is 0 Å². The number of carbonyl (C=O) groups is 2. The zero-order chi connectivity index (χ0) is 16.9. The fourth-order valence-corrected chi connectivity index (χ4v) is 2.50. The van der Waals surface area contributed by atoms with Gasteiger partial charge >= 0.3 is 0 Å². The molecule has 0 bridgehead atoms. The zero-order valence-electron chi connectivity index (χ0n) is 12.9. The molecule has 3 rings (SSSR count). The lowest BCUT2D eigenvalue weighted by Gasteiger charge is -2.10. The second-order valence-electron chi connectivity index (χ2n) is 5.56. The first kappa shape index (κ1) is 16.0. The topological polar surface area (TPSA) is 67.4 Å². The Morgan fingerprint density at radius 1 is 1.25 bits per heavy atom. The molecule has 124 valence electrons. The molecule has 1 aliphatic rings. The summed E-state index contributed by atoms with van der Waals surface area (Å²) in [5, 5.41) is 5.35. The molecule has 5 nitrogen and oxygen atoms in total. The van der Waals surface area contributed by atoms with Crippen molar-refractivity contribution in [3.8, 4) is 5.75 Å². The standard InChI is InChI=1S/C18H17FN2O3/c19-13-3-1-2-12(10-13)11-24-15-6-4-14(5-7-15)21-18(23)16-8-9-20-17(16)22/h1-7,10,16H,8-9,11H2,(H,20,22)(H,21,23). The van der Waals surface area contributed by atoms with Crippen molar-refractivity contribution in [3.63, 3.8) is 0 Å². The monoisotopic (exact) mass is 328 g/mol. The number of carbonyl (C=O) groups excluding carboxylic acids is 2. The van der Waals surface area contributed by atoms with Gasteiger partial charge in [0.2, 0.25) is 11.8 Å². The highest BCUT2D eigenvalue weighted by molar-refractivity contribution is 6.07. The van der Waals surface area contributed by atoms with Gasteiger partial charge < -0.3 is 15.4 Å². The zero-order valence-corrected chi connectivity index (χ0v) is 12.9. The molecule has 2 aromatic carbocycles. The van der Waals surface area contributed by atoms with Gasteiger partial charge in [-0.3, -0.25) is 9.59 Å². The lowest BCUT2D eigenvalue weighted by molar-refractivity contribution is -0.130. The first-order valence-electron chi connectivity index (χ1n) is 7.68. The Bertz CT molecular complexity index is 746. The molecule has 2 aromatic rings. The molecule has 1 atom stereocenters. The van der Waals surface area contributed by atoms with E-state index in [1.165, 1.54) is 12.1 Å². The van der Waals surface area contributed by atoms with Crippen LogP contribution in [0.2, 0.25) is 0 Å². The van der Waals surface area contributed by atoms with Crippen LogP contribution in [-0.4, -0.2) is 18.4 Å². The fourth-order valence-electron chi connectivity index (χ4n) is 2.50. The predicted molar refractivity (Wildman–Crippen MR) is 86.9 cm³/mol. The Morgan fingerprint density at radius 2 is 2.04 bits per heavy atom. The van der Waals surface area contributed by atoms with E-state index in [0.29, 0.717) is 24.4 Å². The summed E-state index contributed by atoms with van der Waals surface area (Å²) < 4.78 is 18.7. The van der Waals surface area contributed by atoms with Crippen LogP contribution in [0.4, 0.5) is 10.1 Å². The van der Waals surface area contributed by atoms with Crippen LogP contribution in [0.5, 0.6) is 5.75 Å². The summed E-state index contributed by atoms with van der Waals surface area (Å²) in [6.45, 7) is 0.787. The minimum Gasteiger partial charge on any atom is -0.489 e. The molecule has 6 heteroatoms. The van der Waals surface area contributed by atoms with Gasteiger partial charge in [0.25, 0.3) is 0 Å². The molecule has 1 heterocycles. The van der Waals surface area contributed by atoms with Crippen LogP contribution in [0.1, 0.15) is 12.0 Å². The number of rotatable bonds is 5. The summed E-state index contributed by atoms with van der Waals surface area (Å²) in [7, 11) is 0. The molecule has 2 N–H and O–H groups in total. The van der Waals surface area contributed by atoms with Crippen molar-refractivity contribution in [2.45, 2.75) is 13.0 Å². The van der Waals surface area contributed by atoms with E-state index in [4.69, 9.17) is 4.74 Å². The number of amides is 2. The van der Waals surface area contributed by atoms with Gasteiger partial charge in [0.05, 0.1) is 0 Å². The summed E-state index contributed by atoms with van der Waals surface area (Å²) in [6, 6.07) is 13.0. The van der Waals surface area contributed by atoms with Gasteiger partial charge in [-0.25, -0.2) is 4.39 Å². The molecule has 1 unspecified atom stereocenters. The highest BCUT2D eigenvalue weighted by Crippen LogP contribution is 2.19. The Hall–Kier alpha value is -2.89. The van der Waals surface area contributed by atoms with E-state index in [-0.39, 0.29) is 24.2 Å². The lowest BCUT2D eigenvalue weighted by atomic mass is 10.1. The first-order chi connectivity index (χ1) is 11.6. The second-order valence-corrected chi connectivity index (χ2v) is 5.56. The van der Waals surface area contributed by atoms with Gasteiger partial charge in [-0.05, 0) is 48.4 Å². The van der Waals surface area contributed by atoms with Gasteiger partial charge in [-0.2, -0.15) is 0 Å². The van der Waals surface area contributed by atoms with Crippen molar-refractivity contribution in [1.29, 1.82) is 0 Å². The summed E-state index contributed by atoms with van der Waals surface area (Å²) in [5.74, 6) is -0.865. The van der Waals surface area contributed by atoms with E-state index in [9.17, 15) is 14.0 Å². The molecule has 1 saturated heterocycles. The van der Waals surface area contributed by atoms with E-state index in [1.807, 2.05) is 0 Å². The molecule has 0 saturated carbocycles. The third kappa shape index (κ3) is 3.90. The Morgan fingerprint density at radius 3 is 2.71 bits per heavy atom. The van der Waals surface area contributed by atoms with Crippen LogP contribution in [0.15, 0.2) is 48.5 Å². The molecule has 0 aromatic heterocycles. The summed E-state index contributed by atoms with van der Waals surface area (Å²) in [6.07, 6.45) is 0.513. The second kappa shape index (κ2) is 7.12. The van der Waals surface area contributed by atoms with Gasteiger partial charge in [-0.15, -0.1) is 0 Å². The molecular weight excluding hydrogens is 311 g/mol. The van der Waals surface area contributed by atoms with Crippen LogP contribution in [-0.2, 0) is 16.2 Å². The molecule has 24 heavy (non-hydrogen) atoms. The number of benzene rings is 2. The third-order valence-electron chi connectivity index (χ3n) is 3.78. The van der Waals surface area contributed by atoms with Crippen molar-refractivity contribution in [1.82, 2.24) is 5.32 Å². The van der Waals surface area contributed by atoms with Crippen LogP contribution < -0.4 is 15.4 Å². The molecule has 0 aliphatic carbocycles. The predicted octanol–water partition coefficient (Wildman–Crippen LogP) is 2.48. The maximum absolute atomic E-state index is 13.1.